The number of carbonyl (C=O) groups is 2. The summed E-state index contributed by atoms with van der Waals surface area (Å²) in [5.74, 6) is -1.65. The van der Waals surface area contributed by atoms with Crippen molar-refractivity contribution < 1.29 is 14.3 Å². The van der Waals surface area contributed by atoms with Gasteiger partial charge in [-0.1, -0.05) is 48.2 Å². The van der Waals surface area contributed by atoms with Crippen LogP contribution in [0.5, 0.6) is 0 Å². The molecule has 3 aromatic rings. The number of ether oxygens (including phenoxy) is 1. The normalized spacial score (nSPS) is 17.2. The highest BCUT2D eigenvalue weighted by Crippen LogP contribution is 2.44. The monoisotopic (exact) mass is 495 g/mol. The summed E-state index contributed by atoms with van der Waals surface area (Å²) in [6, 6.07) is 18.8. The molecule has 2 aromatic heterocycles. The van der Waals surface area contributed by atoms with Gasteiger partial charge in [0.1, 0.15) is 10.8 Å². The number of hydrogen-bond donors (Lipinski definition) is 1. The summed E-state index contributed by atoms with van der Waals surface area (Å²) in [6.07, 6.45) is 3.19. The van der Waals surface area contributed by atoms with Gasteiger partial charge in [0.15, 0.2) is 0 Å². The van der Waals surface area contributed by atoms with E-state index in [1.54, 1.807) is 43.6 Å². The first-order valence-corrected chi connectivity index (χ1v) is 12.3. The van der Waals surface area contributed by atoms with Crippen LogP contribution in [0.4, 0.5) is 0 Å². The zero-order chi connectivity index (χ0) is 25.2. The van der Waals surface area contributed by atoms with E-state index in [1.807, 2.05) is 30.3 Å². The van der Waals surface area contributed by atoms with Crippen molar-refractivity contribution in [3.05, 3.63) is 101 Å². The van der Waals surface area contributed by atoms with E-state index in [1.165, 1.54) is 16.7 Å². The molecule has 178 valence electrons. The van der Waals surface area contributed by atoms with Gasteiger partial charge in [-0.25, -0.2) is 9.78 Å². The van der Waals surface area contributed by atoms with Crippen LogP contribution in [0.25, 0.3) is 11.3 Å². The lowest BCUT2D eigenvalue weighted by Crippen LogP contribution is -2.41. The van der Waals surface area contributed by atoms with Gasteiger partial charge < -0.3 is 10.5 Å². The van der Waals surface area contributed by atoms with Gasteiger partial charge in [-0.3, -0.25) is 14.7 Å². The smallest absolute Gasteiger partial charge is 0.336 e. The van der Waals surface area contributed by atoms with Crippen LogP contribution < -0.4 is 5.73 Å². The molecule has 1 unspecified atom stereocenters. The summed E-state index contributed by atoms with van der Waals surface area (Å²) in [5.41, 5.74) is 9.74. The number of hydrogen-bond acceptors (Lipinski definition) is 8. The molecule has 2 aliphatic rings. The molecule has 1 atom stereocenters. The van der Waals surface area contributed by atoms with E-state index < -0.39 is 17.8 Å². The number of pyridine rings is 2. The highest BCUT2D eigenvalue weighted by molar-refractivity contribution is 7.99. The van der Waals surface area contributed by atoms with Crippen LogP contribution in [0.1, 0.15) is 28.8 Å². The molecule has 0 radical (unpaired) electrons. The predicted octanol–water partition coefficient (Wildman–Crippen LogP) is 4.00. The third kappa shape index (κ3) is 3.91. The van der Waals surface area contributed by atoms with Crippen LogP contribution in [0.3, 0.4) is 0 Å². The van der Waals surface area contributed by atoms with Crippen LogP contribution in [0.2, 0.25) is 0 Å². The molecule has 8 nitrogen and oxygen atoms in total. The second kappa shape index (κ2) is 9.68. The molecule has 1 aromatic carbocycles. The lowest BCUT2D eigenvalue weighted by molar-refractivity contribution is -0.138. The Morgan fingerprint density at radius 1 is 1.22 bits per heavy atom. The van der Waals surface area contributed by atoms with Gasteiger partial charge in [0.25, 0.3) is 5.91 Å². The molecular formula is C27H21N5O3S. The maximum atomic E-state index is 13.8. The number of benzene rings is 1. The summed E-state index contributed by atoms with van der Waals surface area (Å²) < 4.78 is 5.39. The third-order valence-corrected chi connectivity index (χ3v) is 7.02. The molecule has 36 heavy (non-hydrogen) atoms. The zero-order valence-electron chi connectivity index (χ0n) is 19.3. The molecule has 2 N–H and O–H groups in total. The first-order chi connectivity index (χ1) is 17.5. The average Bonchev–Trinajstić information content (AvgIpc) is 3.06. The SMILES string of the molecule is CCOC(=O)C1=C2CSc3nc(-c4ccccc4)ccc3C(=O)N2C(N)=C(C#N)C1c1cccnc1. The zero-order valence-corrected chi connectivity index (χ0v) is 20.2. The van der Waals surface area contributed by atoms with Crippen molar-refractivity contribution in [1.82, 2.24) is 14.9 Å². The minimum Gasteiger partial charge on any atom is -0.463 e. The van der Waals surface area contributed by atoms with Crippen LogP contribution in [-0.2, 0) is 9.53 Å². The number of carbonyl (C=O) groups excluding carboxylic acids is 2. The topological polar surface area (TPSA) is 122 Å². The summed E-state index contributed by atoms with van der Waals surface area (Å²) in [7, 11) is 0. The van der Waals surface area contributed by atoms with Crippen molar-refractivity contribution in [2.45, 2.75) is 17.9 Å². The van der Waals surface area contributed by atoms with E-state index >= 15 is 0 Å². The first-order valence-electron chi connectivity index (χ1n) is 11.3. The Kier molecular flexibility index (Phi) is 6.27. The fourth-order valence-corrected chi connectivity index (χ4v) is 5.44. The molecule has 2 aliphatic heterocycles. The van der Waals surface area contributed by atoms with E-state index in [-0.39, 0.29) is 29.3 Å². The Labute approximate surface area is 212 Å². The fourth-order valence-electron chi connectivity index (χ4n) is 4.41. The number of esters is 1. The molecule has 9 heteroatoms. The molecular weight excluding hydrogens is 474 g/mol. The van der Waals surface area contributed by atoms with E-state index in [0.29, 0.717) is 21.8 Å². The second-order valence-electron chi connectivity index (χ2n) is 8.06. The number of nitrogens with zero attached hydrogens (tertiary/aromatic N) is 4. The van der Waals surface area contributed by atoms with Crippen LogP contribution >= 0.6 is 11.8 Å². The molecule has 1 amide bonds. The Balaban J connectivity index is 1.69. The van der Waals surface area contributed by atoms with Crippen molar-refractivity contribution in [1.29, 1.82) is 5.26 Å². The number of thioether (sulfide) groups is 1. The molecule has 4 heterocycles. The van der Waals surface area contributed by atoms with E-state index in [0.717, 1.165) is 11.3 Å². The van der Waals surface area contributed by atoms with Gasteiger partial charge in [0.05, 0.1) is 41.0 Å². The Morgan fingerprint density at radius 2 is 2.03 bits per heavy atom. The Hall–Kier alpha value is -4.42. The Morgan fingerprint density at radius 3 is 2.72 bits per heavy atom. The molecule has 0 saturated heterocycles. The number of nitrogens with two attached hydrogens (primary N) is 1. The van der Waals surface area contributed by atoms with Gasteiger partial charge in [-0.15, -0.1) is 0 Å². The second-order valence-corrected chi connectivity index (χ2v) is 9.02. The van der Waals surface area contributed by atoms with Crippen molar-refractivity contribution >= 4 is 23.6 Å². The van der Waals surface area contributed by atoms with Gasteiger partial charge in [0.2, 0.25) is 0 Å². The van der Waals surface area contributed by atoms with Crippen molar-refractivity contribution in [2.75, 3.05) is 12.4 Å². The number of nitriles is 1. The summed E-state index contributed by atoms with van der Waals surface area (Å²) in [4.78, 5) is 37.3. The number of fused-ring (bicyclic) bond motifs is 2. The maximum absolute atomic E-state index is 13.8. The van der Waals surface area contributed by atoms with Crippen molar-refractivity contribution in [3.8, 4) is 17.3 Å². The average molecular weight is 496 g/mol. The van der Waals surface area contributed by atoms with Gasteiger partial charge in [-0.05, 0) is 30.7 Å². The lowest BCUT2D eigenvalue weighted by Gasteiger charge is -2.34. The molecule has 0 spiro atoms. The van der Waals surface area contributed by atoms with Crippen molar-refractivity contribution in [2.24, 2.45) is 5.73 Å². The number of aromatic nitrogens is 2. The van der Waals surface area contributed by atoms with Gasteiger partial charge in [0, 0.05) is 29.4 Å². The molecule has 5 rings (SSSR count). The minimum absolute atomic E-state index is 0.0139. The summed E-state index contributed by atoms with van der Waals surface area (Å²) >= 11 is 1.34. The third-order valence-electron chi connectivity index (χ3n) is 6.02. The summed E-state index contributed by atoms with van der Waals surface area (Å²) in [6.45, 7) is 1.84. The van der Waals surface area contributed by atoms with Crippen LogP contribution in [-0.4, -0.2) is 39.1 Å². The molecule has 0 bridgehead atoms. The van der Waals surface area contributed by atoms with E-state index in [2.05, 4.69) is 11.1 Å². The quantitative estimate of drug-likeness (QED) is 0.539. The van der Waals surface area contributed by atoms with Crippen LogP contribution in [0.15, 0.2) is 94.7 Å². The standard InChI is InChI=1S/C27H21N5O3S/c1-2-35-27(34)23-21-15-36-25-18(10-11-20(31-25)16-7-4-3-5-8-16)26(33)32(21)24(29)19(13-28)22(23)17-9-6-12-30-14-17/h3-12,14,22H,2,15,29H2,1H3. The van der Waals surface area contributed by atoms with Gasteiger partial charge >= 0.3 is 5.97 Å². The highest BCUT2D eigenvalue weighted by Gasteiger charge is 2.43. The number of allylic oxidation sites excluding steroid dienone is 1. The van der Waals surface area contributed by atoms with E-state index in [4.69, 9.17) is 15.5 Å². The van der Waals surface area contributed by atoms with Gasteiger partial charge in [-0.2, -0.15) is 5.26 Å². The largest absolute Gasteiger partial charge is 0.463 e. The minimum atomic E-state index is -0.809. The number of amides is 1. The van der Waals surface area contributed by atoms with Crippen molar-refractivity contribution in [3.63, 3.8) is 0 Å². The first kappa shape index (κ1) is 23.3. The summed E-state index contributed by atoms with van der Waals surface area (Å²) in [5, 5.41) is 10.6. The lowest BCUT2D eigenvalue weighted by atomic mass is 9.81. The molecule has 0 fully saturated rings. The van der Waals surface area contributed by atoms with E-state index in [9.17, 15) is 14.9 Å². The molecule has 0 aliphatic carbocycles. The Bertz CT molecular complexity index is 1460. The number of rotatable bonds is 4. The highest BCUT2D eigenvalue weighted by atomic mass is 32.2. The molecule has 0 saturated carbocycles. The van der Waals surface area contributed by atoms with Crippen LogP contribution in [0, 0.1) is 11.3 Å². The fraction of sp³-hybridized carbons (Fsp3) is 0.148. The maximum Gasteiger partial charge on any atom is 0.336 e. The predicted molar refractivity (Wildman–Crippen MR) is 134 cm³/mol.